The van der Waals surface area contributed by atoms with Crippen LogP contribution in [0.25, 0.3) is 0 Å². The van der Waals surface area contributed by atoms with Gasteiger partial charge in [0.05, 0.1) is 12.7 Å². The lowest BCUT2D eigenvalue weighted by atomic mass is 10.1. The molecule has 1 amide bonds. The highest BCUT2D eigenvalue weighted by Gasteiger charge is 2.24. The lowest BCUT2D eigenvalue weighted by Gasteiger charge is -2.32. The fourth-order valence-corrected chi connectivity index (χ4v) is 2.20. The standard InChI is InChI=1S/C15H19NO5/c1-2-12-9-16(6-7-20-12)15(19)11-4-3-5-13(8-11)21-10-14(17)18/h3-5,8,12H,2,6-7,9-10H2,1H3,(H,17,18). The molecule has 1 aliphatic rings. The Bertz CT molecular complexity index is 517. The van der Waals surface area contributed by atoms with Crippen LogP contribution in [0, 0.1) is 0 Å². The summed E-state index contributed by atoms with van der Waals surface area (Å²) in [5.41, 5.74) is 0.495. The van der Waals surface area contributed by atoms with E-state index in [1.807, 2.05) is 6.92 Å². The SMILES string of the molecule is CCC1CN(C(=O)c2cccc(OCC(=O)O)c2)CCO1. The third-order valence-corrected chi connectivity index (χ3v) is 3.32. The molecule has 1 saturated heterocycles. The number of carbonyl (C=O) groups is 2. The van der Waals surface area contributed by atoms with Gasteiger partial charge in [-0.3, -0.25) is 4.79 Å². The second-order valence-electron chi connectivity index (χ2n) is 4.86. The number of hydrogen-bond acceptors (Lipinski definition) is 4. The van der Waals surface area contributed by atoms with Gasteiger partial charge < -0.3 is 19.5 Å². The third kappa shape index (κ3) is 4.19. The van der Waals surface area contributed by atoms with Gasteiger partial charge in [-0.2, -0.15) is 0 Å². The van der Waals surface area contributed by atoms with Crippen molar-refractivity contribution >= 4 is 11.9 Å². The third-order valence-electron chi connectivity index (χ3n) is 3.32. The molecule has 0 aliphatic carbocycles. The van der Waals surface area contributed by atoms with Gasteiger partial charge in [-0.15, -0.1) is 0 Å². The van der Waals surface area contributed by atoms with Crippen molar-refractivity contribution in [2.24, 2.45) is 0 Å². The quantitative estimate of drug-likeness (QED) is 0.888. The molecule has 1 atom stereocenters. The topological polar surface area (TPSA) is 76.1 Å². The predicted molar refractivity (Wildman–Crippen MR) is 75.5 cm³/mol. The van der Waals surface area contributed by atoms with E-state index in [2.05, 4.69) is 0 Å². The summed E-state index contributed by atoms with van der Waals surface area (Å²) in [6.07, 6.45) is 0.945. The van der Waals surface area contributed by atoms with Crippen molar-refractivity contribution in [1.29, 1.82) is 0 Å². The summed E-state index contributed by atoms with van der Waals surface area (Å²) < 4.78 is 10.6. The summed E-state index contributed by atoms with van der Waals surface area (Å²) in [5, 5.41) is 8.60. The molecule has 1 aliphatic heterocycles. The van der Waals surface area contributed by atoms with Gasteiger partial charge in [0, 0.05) is 18.7 Å². The summed E-state index contributed by atoms with van der Waals surface area (Å²) in [5.74, 6) is -0.758. The predicted octanol–water partition coefficient (Wildman–Crippen LogP) is 1.40. The number of hydrogen-bond donors (Lipinski definition) is 1. The molecule has 1 unspecified atom stereocenters. The Morgan fingerprint density at radius 1 is 1.48 bits per heavy atom. The summed E-state index contributed by atoms with van der Waals surface area (Å²) in [6.45, 7) is 3.29. The average molecular weight is 293 g/mol. The van der Waals surface area contributed by atoms with E-state index in [0.717, 1.165) is 6.42 Å². The molecule has 6 nitrogen and oxygen atoms in total. The van der Waals surface area contributed by atoms with Crippen LogP contribution in [0.3, 0.4) is 0 Å². The maximum Gasteiger partial charge on any atom is 0.341 e. The van der Waals surface area contributed by atoms with E-state index >= 15 is 0 Å². The van der Waals surface area contributed by atoms with Crippen LogP contribution in [0.4, 0.5) is 0 Å². The van der Waals surface area contributed by atoms with Gasteiger partial charge in [0.2, 0.25) is 0 Å². The molecule has 1 N–H and O–H groups in total. The Hall–Kier alpha value is -2.08. The zero-order chi connectivity index (χ0) is 15.2. The maximum absolute atomic E-state index is 12.5. The first-order valence-electron chi connectivity index (χ1n) is 6.95. The van der Waals surface area contributed by atoms with Crippen molar-refractivity contribution in [1.82, 2.24) is 4.90 Å². The maximum atomic E-state index is 12.5. The van der Waals surface area contributed by atoms with Gasteiger partial charge in [-0.25, -0.2) is 4.79 Å². The highest BCUT2D eigenvalue weighted by atomic mass is 16.5. The second-order valence-corrected chi connectivity index (χ2v) is 4.86. The number of carboxylic acid groups (broad SMARTS) is 1. The number of rotatable bonds is 5. The Morgan fingerprint density at radius 3 is 3.00 bits per heavy atom. The van der Waals surface area contributed by atoms with E-state index in [-0.39, 0.29) is 12.0 Å². The average Bonchev–Trinajstić information content (AvgIpc) is 2.52. The second kappa shape index (κ2) is 7.08. The van der Waals surface area contributed by atoms with Crippen LogP contribution >= 0.6 is 0 Å². The van der Waals surface area contributed by atoms with Crippen molar-refractivity contribution in [2.45, 2.75) is 19.4 Å². The first-order chi connectivity index (χ1) is 10.1. The molecular weight excluding hydrogens is 274 g/mol. The van der Waals surface area contributed by atoms with Crippen LogP contribution in [-0.2, 0) is 9.53 Å². The zero-order valence-electron chi connectivity index (χ0n) is 11.9. The van der Waals surface area contributed by atoms with E-state index in [1.165, 1.54) is 0 Å². The molecular formula is C15H19NO5. The molecule has 114 valence electrons. The number of aliphatic carboxylic acids is 1. The molecule has 1 fully saturated rings. The molecule has 1 aromatic rings. The lowest BCUT2D eigenvalue weighted by Crippen LogP contribution is -2.45. The van der Waals surface area contributed by atoms with Gasteiger partial charge in [-0.05, 0) is 24.6 Å². The Labute approximate surface area is 123 Å². The molecule has 0 bridgehead atoms. The van der Waals surface area contributed by atoms with Crippen LogP contribution in [0.1, 0.15) is 23.7 Å². The highest BCUT2D eigenvalue weighted by molar-refractivity contribution is 5.94. The van der Waals surface area contributed by atoms with Crippen molar-refractivity contribution in [2.75, 3.05) is 26.3 Å². The number of ether oxygens (including phenoxy) is 2. The Balaban J connectivity index is 2.04. The van der Waals surface area contributed by atoms with Gasteiger partial charge in [0.25, 0.3) is 5.91 Å². The van der Waals surface area contributed by atoms with E-state index in [0.29, 0.717) is 31.0 Å². The van der Waals surface area contributed by atoms with Crippen LogP contribution in [0.2, 0.25) is 0 Å². The fourth-order valence-electron chi connectivity index (χ4n) is 2.20. The monoisotopic (exact) mass is 293 g/mol. The van der Waals surface area contributed by atoms with Crippen LogP contribution in [0.15, 0.2) is 24.3 Å². The number of benzene rings is 1. The molecule has 21 heavy (non-hydrogen) atoms. The number of amides is 1. The summed E-state index contributed by atoms with van der Waals surface area (Å²) in [6, 6.07) is 6.59. The molecule has 2 rings (SSSR count). The van der Waals surface area contributed by atoms with E-state index < -0.39 is 12.6 Å². The summed E-state index contributed by atoms with van der Waals surface area (Å²) in [7, 11) is 0. The van der Waals surface area contributed by atoms with Crippen LogP contribution in [0.5, 0.6) is 5.75 Å². The molecule has 1 aromatic carbocycles. The van der Waals surface area contributed by atoms with Crippen LogP contribution in [-0.4, -0.2) is 54.3 Å². The number of nitrogens with zero attached hydrogens (tertiary/aromatic N) is 1. The zero-order valence-corrected chi connectivity index (χ0v) is 11.9. The highest BCUT2D eigenvalue weighted by Crippen LogP contribution is 2.17. The van der Waals surface area contributed by atoms with Crippen molar-refractivity contribution < 1.29 is 24.2 Å². The van der Waals surface area contributed by atoms with E-state index in [4.69, 9.17) is 14.6 Å². The fraction of sp³-hybridized carbons (Fsp3) is 0.467. The minimum Gasteiger partial charge on any atom is -0.482 e. The Kier molecular flexibility index (Phi) is 5.16. The van der Waals surface area contributed by atoms with Crippen molar-refractivity contribution in [3.8, 4) is 5.75 Å². The summed E-state index contributed by atoms with van der Waals surface area (Å²) >= 11 is 0. The largest absolute Gasteiger partial charge is 0.482 e. The molecule has 0 aromatic heterocycles. The molecule has 6 heteroatoms. The minimum atomic E-state index is -1.05. The first kappa shape index (κ1) is 15.3. The molecule has 1 heterocycles. The lowest BCUT2D eigenvalue weighted by molar-refractivity contribution is -0.139. The minimum absolute atomic E-state index is 0.0779. The van der Waals surface area contributed by atoms with E-state index in [1.54, 1.807) is 29.2 Å². The number of carbonyl (C=O) groups excluding carboxylic acids is 1. The van der Waals surface area contributed by atoms with Crippen molar-refractivity contribution in [3.05, 3.63) is 29.8 Å². The van der Waals surface area contributed by atoms with Crippen molar-refractivity contribution in [3.63, 3.8) is 0 Å². The van der Waals surface area contributed by atoms with Gasteiger partial charge in [-0.1, -0.05) is 13.0 Å². The van der Waals surface area contributed by atoms with Crippen LogP contribution < -0.4 is 4.74 Å². The Morgan fingerprint density at radius 2 is 2.29 bits per heavy atom. The number of carboxylic acids is 1. The van der Waals surface area contributed by atoms with E-state index in [9.17, 15) is 9.59 Å². The first-order valence-corrected chi connectivity index (χ1v) is 6.95. The smallest absolute Gasteiger partial charge is 0.341 e. The molecule has 0 saturated carbocycles. The molecule has 0 radical (unpaired) electrons. The molecule has 0 spiro atoms. The normalized spacial score (nSPS) is 18.3. The van der Waals surface area contributed by atoms with Gasteiger partial charge in [0.15, 0.2) is 6.61 Å². The number of morpholine rings is 1. The summed E-state index contributed by atoms with van der Waals surface area (Å²) in [4.78, 5) is 24.7. The van der Waals surface area contributed by atoms with Gasteiger partial charge >= 0.3 is 5.97 Å². The van der Waals surface area contributed by atoms with Gasteiger partial charge in [0.1, 0.15) is 5.75 Å².